The second kappa shape index (κ2) is 15.3. The highest BCUT2D eigenvalue weighted by molar-refractivity contribution is 5.90. The van der Waals surface area contributed by atoms with Crippen molar-refractivity contribution in [3.05, 3.63) is 48.0 Å². The SMILES string of the molecule is CC(C)(C)OC(=O)OC(=O)OC(C)(C)C.COC(=O)c1cc[nH]c1.COC(=O)c1ccn(C(=O)OC(C)(C)C)c1. The number of carbonyl (C=O) groups is 5. The van der Waals surface area contributed by atoms with Crippen molar-refractivity contribution >= 4 is 30.3 Å². The molecule has 2 heterocycles. The highest BCUT2D eigenvalue weighted by Crippen LogP contribution is 2.12. The first-order chi connectivity index (χ1) is 18.2. The van der Waals surface area contributed by atoms with E-state index in [1.54, 1.807) is 80.8 Å². The summed E-state index contributed by atoms with van der Waals surface area (Å²) in [5.74, 6) is -0.793. The maximum Gasteiger partial charge on any atom is 0.519 e. The van der Waals surface area contributed by atoms with Gasteiger partial charge in [0.15, 0.2) is 0 Å². The van der Waals surface area contributed by atoms with Gasteiger partial charge in [0.2, 0.25) is 0 Å². The van der Waals surface area contributed by atoms with Crippen LogP contribution in [0.4, 0.5) is 14.4 Å². The topological polar surface area (TPSA) is 161 Å². The number of ether oxygens (including phenoxy) is 6. The summed E-state index contributed by atoms with van der Waals surface area (Å²) in [7, 11) is 2.64. The van der Waals surface area contributed by atoms with Gasteiger partial charge in [-0.25, -0.2) is 24.0 Å². The van der Waals surface area contributed by atoms with Crippen molar-refractivity contribution in [2.45, 2.75) is 79.1 Å². The number of rotatable bonds is 2. The molecule has 0 radical (unpaired) electrons. The molecule has 0 unspecified atom stereocenters. The molecule has 2 aromatic heterocycles. The van der Waals surface area contributed by atoms with Gasteiger partial charge in [-0.1, -0.05) is 0 Å². The molecule has 0 saturated heterocycles. The van der Waals surface area contributed by atoms with E-state index in [0.29, 0.717) is 11.1 Å². The Morgan fingerprint density at radius 3 is 1.50 bits per heavy atom. The molecule has 0 aliphatic rings. The van der Waals surface area contributed by atoms with Gasteiger partial charge in [-0.15, -0.1) is 0 Å². The molecule has 0 fully saturated rings. The number of aromatic nitrogens is 2. The molecule has 1 N–H and O–H groups in total. The molecule has 0 bridgehead atoms. The van der Waals surface area contributed by atoms with Gasteiger partial charge in [-0.05, 0) is 74.4 Å². The van der Waals surface area contributed by atoms with Gasteiger partial charge in [-0.3, -0.25) is 4.57 Å². The van der Waals surface area contributed by atoms with Crippen LogP contribution in [-0.4, -0.2) is 70.9 Å². The molecule has 0 aliphatic carbocycles. The van der Waals surface area contributed by atoms with Crippen molar-refractivity contribution in [1.29, 1.82) is 0 Å². The Balaban J connectivity index is 0.000000592. The van der Waals surface area contributed by atoms with E-state index in [1.807, 2.05) is 0 Å². The van der Waals surface area contributed by atoms with Crippen LogP contribution in [0, 0.1) is 0 Å². The van der Waals surface area contributed by atoms with E-state index in [2.05, 4.69) is 19.2 Å². The van der Waals surface area contributed by atoms with Crippen LogP contribution in [0.1, 0.15) is 83.0 Å². The lowest BCUT2D eigenvalue weighted by Gasteiger charge is -2.20. The third-order valence-electron chi connectivity index (χ3n) is 3.68. The van der Waals surface area contributed by atoms with Gasteiger partial charge < -0.3 is 33.4 Å². The molecule has 0 atom stereocenters. The van der Waals surface area contributed by atoms with Crippen molar-refractivity contribution < 1.29 is 52.4 Å². The molecule has 2 aromatic rings. The monoisotopic (exact) mass is 568 g/mol. The third kappa shape index (κ3) is 16.5. The smallest absolute Gasteiger partial charge is 0.465 e. The lowest BCUT2D eigenvalue weighted by molar-refractivity contribution is -0.0294. The second-order valence-corrected chi connectivity index (χ2v) is 10.9. The van der Waals surface area contributed by atoms with Gasteiger partial charge in [0.05, 0.1) is 25.3 Å². The summed E-state index contributed by atoms with van der Waals surface area (Å²) in [6.07, 6.45) is 3.45. The zero-order valence-electron chi connectivity index (χ0n) is 24.9. The zero-order chi connectivity index (χ0) is 31.3. The summed E-state index contributed by atoms with van der Waals surface area (Å²) in [6.45, 7) is 15.3. The van der Waals surface area contributed by atoms with E-state index in [-0.39, 0.29) is 5.97 Å². The summed E-state index contributed by atoms with van der Waals surface area (Å²) in [5.41, 5.74) is -1.09. The van der Waals surface area contributed by atoms with E-state index < -0.39 is 41.2 Å². The summed E-state index contributed by atoms with van der Waals surface area (Å²) in [4.78, 5) is 58.1. The first kappa shape index (κ1) is 35.7. The van der Waals surface area contributed by atoms with Crippen molar-refractivity contribution in [1.82, 2.24) is 9.55 Å². The number of methoxy groups -OCH3 is 2. The Morgan fingerprint density at radius 1 is 0.675 bits per heavy atom. The van der Waals surface area contributed by atoms with Crippen LogP contribution in [-0.2, 0) is 28.4 Å². The van der Waals surface area contributed by atoms with Crippen molar-refractivity contribution in [3.63, 3.8) is 0 Å². The van der Waals surface area contributed by atoms with E-state index in [4.69, 9.17) is 14.2 Å². The third-order valence-corrected chi connectivity index (χ3v) is 3.68. The Hall–Kier alpha value is -4.29. The van der Waals surface area contributed by atoms with Crippen LogP contribution < -0.4 is 0 Å². The van der Waals surface area contributed by atoms with Gasteiger partial charge >= 0.3 is 30.3 Å². The van der Waals surface area contributed by atoms with Crippen LogP contribution in [0.15, 0.2) is 36.9 Å². The minimum absolute atomic E-state index is 0.309. The Labute approximate surface area is 234 Å². The first-order valence-corrected chi connectivity index (χ1v) is 12.0. The fourth-order valence-electron chi connectivity index (χ4n) is 2.24. The quantitative estimate of drug-likeness (QED) is 0.267. The second-order valence-electron chi connectivity index (χ2n) is 10.9. The van der Waals surface area contributed by atoms with Crippen LogP contribution in [0.25, 0.3) is 0 Å². The summed E-state index contributed by atoms with van der Waals surface area (Å²) < 4.78 is 29.1. The fraction of sp³-hybridized carbons (Fsp3) is 0.519. The molecule has 13 nitrogen and oxygen atoms in total. The average molecular weight is 569 g/mol. The maximum absolute atomic E-state index is 11.6. The maximum atomic E-state index is 11.6. The normalized spacial score (nSPS) is 10.9. The van der Waals surface area contributed by atoms with Gasteiger partial charge in [0, 0.05) is 24.8 Å². The highest BCUT2D eigenvalue weighted by atomic mass is 16.8. The number of hydrogen-bond donors (Lipinski definition) is 1. The standard InChI is InChI=1S/C11H15NO4.C10H18O5.C6H7NO2/c1-11(2,3)16-10(14)12-6-5-8(7-12)9(13)15-4;1-9(2,3)14-7(11)13-8(12)15-10(4,5)6;1-9-6(8)5-2-3-7-4-5/h5-7H,1-4H3;1-6H3;2-4,7H,1H3. The Kier molecular flexibility index (Phi) is 13.7. The molecular formula is C27H40N2O11. The minimum Gasteiger partial charge on any atom is -0.465 e. The van der Waals surface area contributed by atoms with Crippen molar-refractivity contribution in [2.75, 3.05) is 14.2 Å². The minimum atomic E-state index is -1.06. The molecule has 0 saturated carbocycles. The first-order valence-electron chi connectivity index (χ1n) is 12.0. The van der Waals surface area contributed by atoms with Crippen molar-refractivity contribution in [2.24, 2.45) is 0 Å². The molecule has 2 rings (SSSR count). The van der Waals surface area contributed by atoms with Crippen LogP contribution in [0.2, 0.25) is 0 Å². The number of aromatic amines is 1. The van der Waals surface area contributed by atoms with E-state index >= 15 is 0 Å². The number of nitrogens with zero attached hydrogens (tertiary/aromatic N) is 1. The number of esters is 2. The molecular weight excluding hydrogens is 528 g/mol. The van der Waals surface area contributed by atoms with E-state index in [0.717, 1.165) is 0 Å². The van der Waals surface area contributed by atoms with Crippen LogP contribution >= 0.6 is 0 Å². The number of nitrogens with one attached hydrogen (secondary N) is 1. The zero-order valence-corrected chi connectivity index (χ0v) is 24.9. The summed E-state index contributed by atoms with van der Waals surface area (Å²) >= 11 is 0. The molecule has 0 spiro atoms. The van der Waals surface area contributed by atoms with Gasteiger partial charge in [-0.2, -0.15) is 0 Å². The molecule has 224 valence electrons. The highest BCUT2D eigenvalue weighted by Gasteiger charge is 2.24. The molecule has 0 aliphatic heterocycles. The van der Waals surface area contributed by atoms with E-state index in [1.165, 1.54) is 37.2 Å². The largest absolute Gasteiger partial charge is 0.519 e. The van der Waals surface area contributed by atoms with Crippen LogP contribution in [0.3, 0.4) is 0 Å². The molecule has 0 aromatic carbocycles. The molecule has 40 heavy (non-hydrogen) atoms. The lowest BCUT2D eigenvalue weighted by atomic mass is 10.2. The average Bonchev–Trinajstić information content (AvgIpc) is 3.47. The number of hydrogen-bond acceptors (Lipinski definition) is 11. The number of H-pyrrole nitrogens is 1. The van der Waals surface area contributed by atoms with Gasteiger partial charge in [0.25, 0.3) is 0 Å². The summed E-state index contributed by atoms with van der Waals surface area (Å²) in [6, 6.07) is 3.15. The Morgan fingerprint density at radius 2 is 1.12 bits per heavy atom. The summed E-state index contributed by atoms with van der Waals surface area (Å²) in [5, 5.41) is 0. The van der Waals surface area contributed by atoms with Gasteiger partial charge in [0.1, 0.15) is 16.8 Å². The predicted octanol–water partition coefficient (Wildman–Crippen LogP) is 5.73. The lowest BCUT2D eigenvalue weighted by Crippen LogP contribution is -2.29. The Bertz CT molecular complexity index is 1090. The van der Waals surface area contributed by atoms with Crippen LogP contribution in [0.5, 0.6) is 0 Å². The predicted molar refractivity (Wildman–Crippen MR) is 143 cm³/mol. The number of carbonyl (C=O) groups excluding carboxylic acids is 5. The molecule has 13 heteroatoms. The molecule has 0 amide bonds. The van der Waals surface area contributed by atoms with Crippen molar-refractivity contribution in [3.8, 4) is 0 Å². The van der Waals surface area contributed by atoms with E-state index in [9.17, 15) is 24.0 Å². The fourth-order valence-corrected chi connectivity index (χ4v) is 2.24.